The van der Waals surface area contributed by atoms with E-state index in [1.807, 2.05) is 30.3 Å². The molecule has 0 N–H and O–H groups in total. The summed E-state index contributed by atoms with van der Waals surface area (Å²) in [7, 11) is 0. The number of nitrogens with zero attached hydrogens (tertiary/aromatic N) is 1. The van der Waals surface area contributed by atoms with E-state index in [9.17, 15) is 14.4 Å². The summed E-state index contributed by atoms with van der Waals surface area (Å²) in [6, 6.07) is 16.4. The molecule has 144 valence electrons. The second kappa shape index (κ2) is 9.93. The van der Waals surface area contributed by atoms with Gasteiger partial charge in [0.25, 0.3) is 5.91 Å². The van der Waals surface area contributed by atoms with E-state index in [4.69, 9.17) is 9.57 Å². The van der Waals surface area contributed by atoms with Gasteiger partial charge < -0.3 is 9.57 Å². The van der Waals surface area contributed by atoms with Crippen molar-refractivity contribution in [3.05, 3.63) is 71.3 Å². The molecule has 0 saturated carbocycles. The summed E-state index contributed by atoms with van der Waals surface area (Å²) in [6.07, 6.45) is -0.718. The molecule has 0 fully saturated rings. The van der Waals surface area contributed by atoms with Gasteiger partial charge in [0.05, 0.1) is 6.54 Å². The first kappa shape index (κ1) is 20.7. The van der Waals surface area contributed by atoms with Gasteiger partial charge in [0.15, 0.2) is 6.10 Å². The summed E-state index contributed by atoms with van der Waals surface area (Å²) in [5, 5.41) is 0.982. The number of carbonyl (C=O) groups is 3. The Morgan fingerprint density at radius 1 is 0.929 bits per heavy atom. The average molecular weight is 379 g/mol. The van der Waals surface area contributed by atoms with Gasteiger partial charge in [-0.25, -0.2) is 0 Å². The summed E-state index contributed by atoms with van der Waals surface area (Å²) in [5.41, 5.74) is 2.26. The number of carbonyl (C=O) groups excluding carboxylic acids is 3. The van der Waals surface area contributed by atoms with Crippen molar-refractivity contribution in [3.8, 4) is 11.8 Å². The predicted octanol–water partition coefficient (Wildman–Crippen LogP) is 3.17. The lowest BCUT2D eigenvalue weighted by Crippen LogP contribution is -2.30. The Balaban J connectivity index is 2.19. The number of rotatable bonds is 4. The van der Waals surface area contributed by atoms with Crippen LogP contribution in [0.5, 0.6) is 0 Å². The fourth-order valence-corrected chi connectivity index (χ4v) is 2.34. The van der Waals surface area contributed by atoms with E-state index in [-0.39, 0.29) is 12.5 Å². The molecule has 1 atom stereocenters. The van der Waals surface area contributed by atoms with Gasteiger partial charge in [0.2, 0.25) is 0 Å². The molecule has 2 aromatic rings. The highest BCUT2D eigenvalue weighted by atomic mass is 16.7. The van der Waals surface area contributed by atoms with Crippen LogP contribution < -0.4 is 0 Å². The maximum absolute atomic E-state index is 11.6. The number of hydroxylamine groups is 2. The molecule has 28 heavy (non-hydrogen) atoms. The molecule has 0 bridgehead atoms. The minimum absolute atomic E-state index is 0.114. The van der Waals surface area contributed by atoms with Crippen LogP contribution in [-0.2, 0) is 30.5 Å². The van der Waals surface area contributed by atoms with Crippen molar-refractivity contribution in [2.45, 2.75) is 33.4 Å². The molecule has 0 aliphatic carbocycles. The van der Waals surface area contributed by atoms with Crippen LogP contribution in [0.15, 0.2) is 54.6 Å². The van der Waals surface area contributed by atoms with Crippen molar-refractivity contribution in [1.82, 2.24) is 5.06 Å². The maximum atomic E-state index is 11.6. The monoisotopic (exact) mass is 379 g/mol. The molecule has 0 radical (unpaired) electrons. The zero-order valence-electron chi connectivity index (χ0n) is 16.0. The van der Waals surface area contributed by atoms with Crippen LogP contribution in [0, 0.1) is 11.8 Å². The Bertz CT molecular complexity index is 894. The fraction of sp³-hybridized carbons (Fsp3) is 0.227. The van der Waals surface area contributed by atoms with E-state index in [0.717, 1.165) is 16.2 Å². The van der Waals surface area contributed by atoms with Gasteiger partial charge in [0.1, 0.15) is 0 Å². The van der Waals surface area contributed by atoms with Crippen LogP contribution in [0.1, 0.15) is 43.6 Å². The van der Waals surface area contributed by atoms with Gasteiger partial charge >= 0.3 is 11.9 Å². The first-order valence-electron chi connectivity index (χ1n) is 8.64. The minimum atomic E-state index is -0.718. The van der Waals surface area contributed by atoms with E-state index >= 15 is 0 Å². The van der Waals surface area contributed by atoms with Crippen LogP contribution in [0.4, 0.5) is 0 Å². The number of benzene rings is 2. The molecular formula is C22H21NO5. The molecule has 0 aromatic heterocycles. The average Bonchev–Trinajstić information content (AvgIpc) is 2.65. The quantitative estimate of drug-likeness (QED) is 0.463. The molecular weight excluding hydrogens is 358 g/mol. The lowest BCUT2D eigenvalue weighted by Gasteiger charge is -2.19. The highest BCUT2D eigenvalue weighted by molar-refractivity contribution is 5.75. The second-order valence-corrected chi connectivity index (χ2v) is 6.00. The normalized spacial score (nSPS) is 10.8. The SMILES string of the molecule is CC(=O)OC(C#Cc1ccccc1)c1ccc(CN(OC(C)=O)C(C)=O)cc1. The maximum Gasteiger partial charge on any atom is 0.329 e. The molecule has 0 saturated heterocycles. The molecule has 2 rings (SSSR count). The number of ether oxygens (including phenoxy) is 1. The van der Waals surface area contributed by atoms with Crippen molar-refractivity contribution in [2.24, 2.45) is 0 Å². The summed E-state index contributed by atoms with van der Waals surface area (Å²) in [5.74, 6) is 4.56. The zero-order chi connectivity index (χ0) is 20.5. The number of esters is 1. The largest absolute Gasteiger partial charge is 0.444 e. The molecule has 1 amide bonds. The van der Waals surface area contributed by atoms with E-state index in [1.165, 1.54) is 20.8 Å². The standard InChI is InChI=1S/C22H21NO5/c1-16(24)23(28-18(3)26)15-20-9-12-21(13-10-20)22(27-17(2)25)14-11-19-7-5-4-6-8-19/h4-10,12-13,22H,15H2,1-3H3. The lowest BCUT2D eigenvalue weighted by molar-refractivity contribution is -0.197. The highest BCUT2D eigenvalue weighted by Crippen LogP contribution is 2.19. The lowest BCUT2D eigenvalue weighted by atomic mass is 10.1. The number of amides is 1. The fourth-order valence-electron chi connectivity index (χ4n) is 2.34. The van der Waals surface area contributed by atoms with Crippen LogP contribution in [0.2, 0.25) is 0 Å². The van der Waals surface area contributed by atoms with Crippen molar-refractivity contribution >= 4 is 17.8 Å². The van der Waals surface area contributed by atoms with Gasteiger partial charge in [0, 0.05) is 31.9 Å². The minimum Gasteiger partial charge on any atom is -0.444 e. The molecule has 1 unspecified atom stereocenters. The predicted molar refractivity (Wildman–Crippen MR) is 102 cm³/mol. The zero-order valence-corrected chi connectivity index (χ0v) is 16.0. The molecule has 0 aliphatic rings. The van der Waals surface area contributed by atoms with E-state index < -0.39 is 18.0 Å². The van der Waals surface area contributed by atoms with Gasteiger partial charge in [-0.1, -0.05) is 48.4 Å². The summed E-state index contributed by atoms with van der Waals surface area (Å²) >= 11 is 0. The van der Waals surface area contributed by atoms with Crippen LogP contribution in [0.3, 0.4) is 0 Å². The second-order valence-electron chi connectivity index (χ2n) is 6.00. The van der Waals surface area contributed by atoms with Crippen LogP contribution >= 0.6 is 0 Å². The van der Waals surface area contributed by atoms with Gasteiger partial charge in [-0.05, 0) is 23.6 Å². The Kier molecular flexibility index (Phi) is 7.35. The Labute approximate surface area is 164 Å². The first-order valence-corrected chi connectivity index (χ1v) is 8.64. The number of hydrogen-bond donors (Lipinski definition) is 0. The smallest absolute Gasteiger partial charge is 0.329 e. The van der Waals surface area contributed by atoms with Crippen LogP contribution in [0.25, 0.3) is 0 Å². The summed E-state index contributed by atoms with van der Waals surface area (Å²) in [4.78, 5) is 39.0. The van der Waals surface area contributed by atoms with Crippen molar-refractivity contribution < 1.29 is 24.0 Å². The molecule has 0 spiro atoms. The van der Waals surface area contributed by atoms with Gasteiger partial charge in [-0.15, -0.1) is 0 Å². The van der Waals surface area contributed by atoms with E-state index in [2.05, 4.69) is 11.8 Å². The molecule has 6 heteroatoms. The number of hydrogen-bond acceptors (Lipinski definition) is 5. The summed E-state index contributed by atoms with van der Waals surface area (Å²) in [6.45, 7) is 3.99. The Morgan fingerprint density at radius 3 is 2.11 bits per heavy atom. The topological polar surface area (TPSA) is 72.9 Å². The van der Waals surface area contributed by atoms with Crippen molar-refractivity contribution in [2.75, 3.05) is 0 Å². The molecule has 0 aliphatic heterocycles. The molecule has 0 heterocycles. The van der Waals surface area contributed by atoms with Crippen molar-refractivity contribution in [1.29, 1.82) is 0 Å². The third-order valence-corrected chi connectivity index (χ3v) is 3.60. The Morgan fingerprint density at radius 2 is 1.57 bits per heavy atom. The third kappa shape index (κ3) is 6.61. The van der Waals surface area contributed by atoms with E-state index in [0.29, 0.717) is 5.56 Å². The summed E-state index contributed by atoms with van der Waals surface area (Å²) < 4.78 is 5.32. The molecule has 2 aromatic carbocycles. The highest BCUT2D eigenvalue weighted by Gasteiger charge is 2.15. The van der Waals surface area contributed by atoms with Crippen LogP contribution in [-0.4, -0.2) is 22.9 Å². The van der Waals surface area contributed by atoms with Crippen molar-refractivity contribution in [3.63, 3.8) is 0 Å². The van der Waals surface area contributed by atoms with E-state index in [1.54, 1.807) is 24.3 Å². The van der Waals surface area contributed by atoms with Gasteiger partial charge in [-0.2, -0.15) is 5.06 Å². The molecule has 6 nitrogen and oxygen atoms in total. The Hall–Kier alpha value is -3.59. The third-order valence-electron chi connectivity index (χ3n) is 3.60. The van der Waals surface area contributed by atoms with Gasteiger partial charge in [-0.3, -0.25) is 14.4 Å². The first-order chi connectivity index (χ1) is 13.3.